The van der Waals surface area contributed by atoms with Gasteiger partial charge in [0.1, 0.15) is 10.7 Å². The first-order valence-electron chi connectivity index (χ1n) is 6.35. The molecule has 1 aromatic heterocycles. The lowest BCUT2D eigenvalue weighted by molar-refractivity contribution is 0.281. The lowest BCUT2D eigenvalue weighted by Gasteiger charge is -2.14. The van der Waals surface area contributed by atoms with Crippen molar-refractivity contribution in [3.8, 4) is 0 Å². The van der Waals surface area contributed by atoms with Crippen LogP contribution in [0.4, 0.5) is 4.39 Å². The maximum atomic E-state index is 13.8. The predicted molar refractivity (Wildman–Crippen MR) is 80.1 cm³/mol. The minimum Gasteiger partial charge on any atom is -0.392 e. The van der Waals surface area contributed by atoms with E-state index in [2.05, 4.69) is 4.72 Å². The van der Waals surface area contributed by atoms with Crippen LogP contribution >= 0.6 is 11.3 Å². The lowest BCUT2D eigenvalue weighted by Crippen LogP contribution is -2.34. The monoisotopic (exact) mass is 329 g/mol. The highest BCUT2D eigenvalue weighted by Crippen LogP contribution is 2.17. The average Bonchev–Trinajstić information content (AvgIpc) is 2.90. The van der Waals surface area contributed by atoms with Crippen molar-refractivity contribution in [3.63, 3.8) is 0 Å². The molecule has 2 aromatic rings. The van der Waals surface area contributed by atoms with Gasteiger partial charge in [0.15, 0.2) is 0 Å². The number of aliphatic hydroxyl groups excluding tert-OH is 1. The topological polar surface area (TPSA) is 66.4 Å². The van der Waals surface area contributed by atoms with Crippen LogP contribution in [0.2, 0.25) is 0 Å². The zero-order chi connectivity index (χ0) is 15.5. The van der Waals surface area contributed by atoms with Crippen LogP contribution in [0.25, 0.3) is 0 Å². The summed E-state index contributed by atoms with van der Waals surface area (Å²) in [7, 11) is -3.92. The van der Waals surface area contributed by atoms with Crippen molar-refractivity contribution in [2.75, 3.05) is 0 Å². The van der Waals surface area contributed by atoms with Crippen molar-refractivity contribution in [1.82, 2.24) is 4.72 Å². The largest absolute Gasteiger partial charge is 0.392 e. The van der Waals surface area contributed by atoms with Crippen molar-refractivity contribution in [2.45, 2.75) is 30.9 Å². The summed E-state index contributed by atoms with van der Waals surface area (Å²) < 4.78 is 40.7. The Balaban J connectivity index is 2.14. The van der Waals surface area contributed by atoms with Crippen LogP contribution in [0, 0.1) is 5.82 Å². The molecule has 21 heavy (non-hydrogen) atoms. The molecule has 0 aliphatic rings. The van der Waals surface area contributed by atoms with Gasteiger partial charge in [-0.3, -0.25) is 0 Å². The Morgan fingerprint density at radius 2 is 2.10 bits per heavy atom. The fraction of sp³-hybridized carbons (Fsp3) is 0.286. The first-order chi connectivity index (χ1) is 9.92. The summed E-state index contributed by atoms with van der Waals surface area (Å²) in [6.07, 6.45) is 0.541. The van der Waals surface area contributed by atoms with Gasteiger partial charge in [-0.1, -0.05) is 6.07 Å². The molecule has 1 aromatic carbocycles. The molecule has 1 heterocycles. The van der Waals surface area contributed by atoms with Crippen molar-refractivity contribution in [2.24, 2.45) is 0 Å². The molecule has 2 N–H and O–H groups in total. The van der Waals surface area contributed by atoms with Crippen LogP contribution in [-0.4, -0.2) is 19.6 Å². The van der Waals surface area contributed by atoms with E-state index in [4.69, 9.17) is 5.11 Å². The van der Waals surface area contributed by atoms with Crippen molar-refractivity contribution in [1.29, 1.82) is 0 Å². The molecular formula is C14H16FNO3S2. The number of benzene rings is 1. The van der Waals surface area contributed by atoms with E-state index < -0.39 is 20.7 Å². The minimum absolute atomic E-state index is 0.331. The third-order valence-corrected chi connectivity index (χ3v) is 5.30. The Hall–Kier alpha value is -1.28. The van der Waals surface area contributed by atoms with Crippen LogP contribution in [0.5, 0.6) is 0 Å². The number of aliphatic hydroxyl groups is 1. The minimum atomic E-state index is -3.92. The van der Waals surface area contributed by atoms with Gasteiger partial charge in [0.25, 0.3) is 0 Å². The van der Waals surface area contributed by atoms with E-state index in [1.165, 1.54) is 12.1 Å². The van der Waals surface area contributed by atoms with Gasteiger partial charge >= 0.3 is 0 Å². The molecule has 0 spiro atoms. The summed E-state index contributed by atoms with van der Waals surface area (Å²) in [4.78, 5) is -0.406. The second-order valence-corrected chi connectivity index (χ2v) is 7.24. The van der Waals surface area contributed by atoms with E-state index in [0.717, 1.165) is 11.6 Å². The summed E-state index contributed by atoms with van der Waals surface area (Å²) in [6.45, 7) is 1.40. The van der Waals surface area contributed by atoms with Gasteiger partial charge in [-0.2, -0.15) is 11.3 Å². The van der Waals surface area contributed by atoms with Gasteiger partial charge in [-0.25, -0.2) is 17.5 Å². The van der Waals surface area contributed by atoms with Crippen molar-refractivity contribution in [3.05, 3.63) is 52.0 Å². The molecule has 0 saturated heterocycles. The first kappa shape index (κ1) is 16.1. The normalized spacial score (nSPS) is 13.3. The molecule has 0 aliphatic heterocycles. The number of sulfonamides is 1. The summed E-state index contributed by atoms with van der Waals surface area (Å²) >= 11 is 1.54. The van der Waals surface area contributed by atoms with Crippen LogP contribution < -0.4 is 4.72 Å². The fourth-order valence-electron chi connectivity index (χ4n) is 1.99. The predicted octanol–water partition coefficient (Wildman–Crippen LogP) is 2.29. The number of hydrogen-bond donors (Lipinski definition) is 2. The van der Waals surface area contributed by atoms with Crippen LogP contribution in [0.15, 0.2) is 39.9 Å². The number of hydrogen-bond acceptors (Lipinski definition) is 4. The van der Waals surface area contributed by atoms with E-state index in [1.54, 1.807) is 18.3 Å². The smallest absolute Gasteiger partial charge is 0.243 e. The maximum Gasteiger partial charge on any atom is 0.243 e. The van der Waals surface area contributed by atoms with E-state index >= 15 is 0 Å². The molecule has 4 nitrogen and oxygen atoms in total. The number of nitrogens with one attached hydrogen (secondary N) is 1. The molecule has 0 saturated carbocycles. The van der Waals surface area contributed by atoms with Crippen LogP contribution in [0.3, 0.4) is 0 Å². The van der Waals surface area contributed by atoms with E-state index in [-0.39, 0.29) is 12.6 Å². The third-order valence-electron chi connectivity index (χ3n) is 2.95. The van der Waals surface area contributed by atoms with Gasteiger partial charge in [0, 0.05) is 6.04 Å². The van der Waals surface area contributed by atoms with E-state index in [0.29, 0.717) is 12.0 Å². The Morgan fingerprint density at radius 1 is 1.33 bits per heavy atom. The van der Waals surface area contributed by atoms with Crippen LogP contribution in [0.1, 0.15) is 18.1 Å². The standard InChI is InChI=1S/C14H16FNO3S2/c1-10(6-12-4-5-20-9-12)16-21(18,19)14-3-2-11(8-17)7-13(14)15/h2-5,7,9-10,16-17H,6,8H2,1H3. The fourth-order valence-corrected chi connectivity index (χ4v) is 3.98. The van der Waals surface area contributed by atoms with Crippen LogP contribution in [-0.2, 0) is 23.1 Å². The summed E-state index contributed by atoms with van der Waals surface area (Å²) in [5.74, 6) is -0.864. The number of rotatable bonds is 6. The molecule has 0 fully saturated rings. The van der Waals surface area contributed by atoms with Gasteiger partial charge in [-0.05, 0) is 53.4 Å². The summed E-state index contributed by atoms with van der Waals surface area (Å²) in [5, 5.41) is 12.8. The molecular weight excluding hydrogens is 313 g/mol. The highest BCUT2D eigenvalue weighted by atomic mass is 32.2. The molecule has 0 aliphatic carbocycles. The maximum absolute atomic E-state index is 13.8. The Labute approximate surface area is 127 Å². The molecule has 114 valence electrons. The first-order valence-corrected chi connectivity index (χ1v) is 8.77. The molecule has 0 radical (unpaired) electrons. The lowest BCUT2D eigenvalue weighted by atomic mass is 10.1. The molecule has 1 atom stereocenters. The Kier molecular flexibility index (Phi) is 5.10. The Morgan fingerprint density at radius 3 is 2.67 bits per heavy atom. The van der Waals surface area contributed by atoms with Crippen molar-refractivity contribution < 1.29 is 17.9 Å². The van der Waals surface area contributed by atoms with E-state index in [9.17, 15) is 12.8 Å². The molecule has 1 unspecified atom stereocenters. The van der Waals surface area contributed by atoms with Gasteiger partial charge in [0.05, 0.1) is 6.61 Å². The molecule has 0 amide bonds. The summed E-state index contributed by atoms with van der Waals surface area (Å²) in [5.41, 5.74) is 1.36. The Bertz CT molecular complexity index is 699. The quantitative estimate of drug-likeness (QED) is 0.854. The second-order valence-electron chi connectivity index (χ2n) is 4.78. The molecule has 2 rings (SSSR count). The third kappa shape index (κ3) is 4.10. The molecule has 0 bridgehead atoms. The van der Waals surface area contributed by atoms with E-state index in [1.807, 2.05) is 16.8 Å². The summed E-state index contributed by atoms with van der Waals surface area (Å²) in [6, 6.07) is 5.16. The second kappa shape index (κ2) is 6.65. The number of thiophene rings is 1. The SMILES string of the molecule is CC(Cc1ccsc1)NS(=O)(=O)c1ccc(CO)cc1F. The zero-order valence-corrected chi connectivity index (χ0v) is 13.0. The average molecular weight is 329 g/mol. The molecule has 7 heteroatoms. The highest BCUT2D eigenvalue weighted by Gasteiger charge is 2.21. The highest BCUT2D eigenvalue weighted by molar-refractivity contribution is 7.89. The number of halogens is 1. The zero-order valence-electron chi connectivity index (χ0n) is 11.4. The van der Waals surface area contributed by atoms with Gasteiger partial charge in [-0.15, -0.1) is 0 Å². The van der Waals surface area contributed by atoms with Gasteiger partial charge < -0.3 is 5.11 Å². The van der Waals surface area contributed by atoms with Gasteiger partial charge in [0.2, 0.25) is 10.0 Å². The van der Waals surface area contributed by atoms with Crippen molar-refractivity contribution >= 4 is 21.4 Å².